The van der Waals surface area contributed by atoms with Gasteiger partial charge in [-0.2, -0.15) is 0 Å². The number of ether oxygens (including phenoxy) is 1. The summed E-state index contributed by atoms with van der Waals surface area (Å²) in [6.45, 7) is 9.11. The normalized spacial score (nSPS) is 20.4. The molecule has 0 saturated carbocycles. The third kappa shape index (κ3) is 3.25. The predicted octanol–water partition coefficient (Wildman–Crippen LogP) is 2.56. The Morgan fingerprint density at radius 1 is 1.00 bits per heavy atom. The molecule has 20 heavy (non-hydrogen) atoms. The summed E-state index contributed by atoms with van der Waals surface area (Å²) in [4.78, 5) is 0. The molecule has 1 aromatic carbocycles. The summed E-state index contributed by atoms with van der Waals surface area (Å²) in [5.41, 5.74) is 1.84. The van der Waals surface area contributed by atoms with Crippen molar-refractivity contribution in [2.75, 3.05) is 13.7 Å². The molecule has 0 spiro atoms. The van der Waals surface area contributed by atoms with Crippen LogP contribution in [-0.4, -0.2) is 32.0 Å². The first kappa shape index (κ1) is 15.6. The molecule has 2 rings (SSSR count). The van der Waals surface area contributed by atoms with Crippen LogP contribution in [0.3, 0.4) is 0 Å². The molecular weight excluding hydrogens is 251 g/mol. The molecule has 110 valence electrons. The van der Waals surface area contributed by atoms with E-state index in [0.29, 0.717) is 0 Å². The average Bonchev–Trinajstić information content (AvgIpc) is 2.60. The van der Waals surface area contributed by atoms with Crippen LogP contribution < -0.4 is 5.46 Å². The molecule has 1 heterocycles. The number of hydrogen-bond donors (Lipinski definition) is 0. The molecule has 0 aromatic heterocycles. The second-order valence-corrected chi connectivity index (χ2v) is 6.43. The Morgan fingerprint density at radius 3 is 2.05 bits per heavy atom. The maximum atomic E-state index is 6.05. The molecule has 0 amide bonds. The predicted molar refractivity (Wildman–Crippen MR) is 82.4 cm³/mol. The Labute approximate surface area is 122 Å². The van der Waals surface area contributed by atoms with Crippen molar-refractivity contribution >= 4 is 12.6 Å². The fourth-order valence-electron chi connectivity index (χ4n) is 2.24. The molecule has 1 aromatic rings. The third-order valence-corrected chi connectivity index (χ3v) is 4.32. The molecule has 0 atom stereocenters. The fourth-order valence-corrected chi connectivity index (χ4v) is 2.24. The van der Waals surface area contributed by atoms with Gasteiger partial charge in [0.25, 0.3) is 0 Å². The summed E-state index contributed by atoms with van der Waals surface area (Å²) in [7, 11) is 1.47. The van der Waals surface area contributed by atoms with Crippen LogP contribution in [0.25, 0.3) is 0 Å². The molecule has 1 fully saturated rings. The van der Waals surface area contributed by atoms with E-state index in [9.17, 15) is 0 Å². The molecule has 1 aliphatic heterocycles. The van der Waals surface area contributed by atoms with E-state index in [1.807, 2.05) is 0 Å². The highest BCUT2D eigenvalue weighted by Gasteiger charge is 2.51. The third-order valence-electron chi connectivity index (χ3n) is 4.32. The zero-order valence-corrected chi connectivity index (χ0v) is 13.2. The Hall–Kier alpha value is -0.835. The molecule has 4 heteroatoms. The molecule has 0 bridgehead atoms. The van der Waals surface area contributed by atoms with Crippen LogP contribution in [0.15, 0.2) is 24.3 Å². The summed E-state index contributed by atoms with van der Waals surface area (Å²) in [5, 5.41) is 0. The van der Waals surface area contributed by atoms with E-state index >= 15 is 0 Å². The van der Waals surface area contributed by atoms with Gasteiger partial charge in [0.05, 0.1) is 11.2 Å². The smallest absolute Gasteiger partial charge is 0.399 e. The SMILES string of the molecule is COCCCc1ccc(B2OC(C)(C)C(C)(C)O2)cc1. The summed E-state index contributed by atoms with van der Waals surface area (Å²) in [6.07, 6.45) is 2.09. The molecule has 0 aliphatic carbocycles. The highest BCUT2D eigenvalue weighted by atomic mass is 16.7. The lowest BCUT2D eigenvalue weighted by Crippen LogP contribution is -2.41. The van der Waals surface area contributed by atoms with Gasteiger partial charge in [-0.3, -0.25) is 0 Å². The largest absolute Gasteiger partial charge is 0.494 e. The van der Waals surface area contributed by atoms with Crippen LogP contribution in [0.4, 0.5) is 0 Å². The molecular formula is C16H25BO3. The van der Waals surface area contributed by atoms with Crippen molar-refractivity contribution in [1.82, 2.24) is 0 Å². The Balaban J connectivity index is 2.01. The van der Waals surface area contributed by atoms with Crippen molar-refractivity contribution < 1.29 is 14.0 Å². The van der Waals surface area contributed by atoms with Crippen molar-refractivity contribution in [3.05, 3.63) is 29.8 Å². The van der Waals surface area contributed by atoms with Crippen molar-refractivity contribution in [3.8, 4) is 0 Å². The van der Waals surface area contributed by atoms with Crippen LogP contribution in [0.5, 0.6) is 0 Å². The van der Waals surface area contributed by atoms with Crippen LogP contribution >= 0.6 is 0 Å². The van der Waals surface area contributed by atoms with E-state index in [4.69, 9.17) is 14.0 Å². The standard InChI is InChI=1S/C16H25BO3/c1-15(2)16(3,4)20-17(19-15)14-10-8-13(9-11-14)7-6-12-18-5/h8-11H,6-7,12H2,1-5H3. The van der Waals surface area contributed by atoms with E-state index in [1.165, 1.54) is 5.56 Å². The lowest BCUT2D eigenvalue weighted by molar-refractivity contribution is 0.00578. The highest BCUT2D eigenvalue weighted by Crippen LogP contribution is 2.36. The fraction of sp³-hybridized carbons (Fsp3) is 0.625. The summed E-state index contributed by atoms with van der Waals surface area (Å²) >= 11 is 0. The maximum absolute atomic E-state index is 6.05. The number of hydrogen-bond acceptors (Lipinski definition) is 3. The van der Waals surface area contributed by atoms with Gasteiger partial charge in [-0.25, -0.2) is 0 Å². The second-order valence-electron chi connectivity index (χ2n) is 6.43. The minimum Gasteiger partial charge on any atom is -0.399 e. The molecule has 3 nitrogen and oxygen atoms in total. The van der Waals surface area contributed by atoms with Crippen LogP contribution in [0.1, 0.15) is 39.7 Å². The first-order valence-corrected chi connectivity index (χ1v) is 7.29. The highest BCUT2D eigenvalue weighted by molar-refractivity contribution is 6.62. The minimum atomic E-state index is -0.283. The monoisotopic (exact) mass is 276 g/mol. The van der Waals surface area contributed by atoms with Crippen molar-refractivity contribution in [3.63, 3.8) is 0 Å². The van der Waals surface area contributed by atoms with E-state index in [2.05, 4.69) is 52.0 Å². The summed E-state index contributed by atoms with van der Waals surface area (Å²) in [5.74, 6) is 0. The van der Waals surface area contributed by atoms with Crippen molar-refractivity contribution in [2.24, 2.45) is 0 Å². The van der Waals surface area contributed by atoms with E-state index in [0.717, 1.165) is 24.9 Å². The molecule has 0 N–H and O–H groups in total. The summed E-state index contributed by atoms with van der Waals surface area (Å²) in [6, 6.07) is 8.50. The lowest BCUT2D eigenvalue weighted by atomic mass is 9.79. The van der Waals surface area contributed by atoms with Crippen molar-refractivity contribution in [2.45, 2.75) is 51.7 Å². The first-order chi connectivity index (χ1) is 9.36. The van der Waals surface area contributed by atoms with Gasteiger partial charge in [0.2, 0.25) is 0 Å². The number of benzene rings is 1. The second kappa shape index (κ2) is 5.88. The van der Waals surface area contributed by atoms with E-state index < -0.39 is 0 Å². The van der Waals surface area contributed by atoms with Gasteiger partial charge in [0.15, 0.2) is 0 Å². The Kier molecular flexibility index (Phi) is 4.57. The first-order valence-electron chi connectivity index (χ1n) is 7.29. The van der Waals surface area contributed by atoms with Gasteiger partial charge in [-0.1, -0.05) is 24.3 Å². The zero-order chi connectivity index (χ0) is 14.8. The quantitative estimate of drug-likeness (QED) is 0.611. The summed E-state index contributed by atoms with van der Waals surface area (Å²) < 4.78 is 17.2. The van der Waals surface area contributed by atoms with Gasteiger partial charge in [-0.05, 0) is 51.6 Å². The van der Waals surface area contributed by atoms with Gasteiger partial charge >= 0.3 is 7.12 Å². The Morgan fingerprint density at radius 2 is 1.55 bits per heavy atom. The number of methoxy groups -OCH3 is 1. The van der Waals surface area contributed by atoms with Crippen LogP contribution in [0.2, 0.25) is 0 Å². The van der Waals surface area contributed by atoms with Crippen molar-refractivity contribution in [1.29, 1.82) is 0 Å². The van der Waals surface area contributed by atoms with Gasteiger partial charge in [-0.15, -0.1) is 0 Å². The maximum Gasteiger partial charge on any atom is 0.494 e. The van der Waals surface area contributed by atoms with Crippen LogP contribution in [-0.2, 0) is 20.5 Å². The van der Waals surface area contributed by atoms with Gasteiger partial charge in [0, 0.05) is 13.7 Å². The van der Waals surface area contributed by atoms with Gasteiger partial charge in [0.1, 0.15) is 0 Å². The lowest BCUT2D eigenvalue weighted by Gasteiger charge is -2.32. The number of rotatable bonds is 5. The molecule has 1 saturated heterocycles. The van der Waals surface area contributed by atoms with E-state index in [-0.39, 0.29) is 18.3 Å². The van der Waals surface area contributed by atoms with E-state index in [1.54, 1.807) is 7.11 Å². The molecule has 1 aliphatic rings. The topological polar surface area (TPSA) is 27.7 Å². The number of aryl methyl sites for hydroxylation is 1. The molecule has 0 unspecified atom stereocenters. The molecule has 0 radical (unpaired) electrons. The van der Waals surface area contributed by atoms with Gasteiger partial charge < -0.3 is 14.0 Å². The minimum absolute atomic E-state index is 0.270. The Bertz CT molecular complexity index is 424. The zero-order valence-electron chi connectivity index (χ0n) is 13.2. The average molecular weight is 276 g/mol. The van der Waals surface area contributed by atoms with Crippen LogP contribution in [0, 0.1) is 0 Å².